The Labute approximate surface area is 272 Å². The van der Waals surface area contributed by atoms with Gasteiger partial charge in [0.15, 0.2) is 23.1 Å². The summed E-state index contributed by atoms with van der Waals surface area (Å²) < 4.78 is 6.08. The molecule has 1 saturated carbocycles. The molecule has 0 aromatic heterocycles. The number of imide groups is 3. The number of amides is 4. The lowest BCUT2D eigenvalue weighted by molar-refractivity contribution is -0.137. The highest BCUT2D eigenvalue weighted by molar-refractivity contribution is 9.10. The average Bonchev–Trinajstić information content (AvgIpc) is 3.32. The van der Waals surface area contributed by atoms with Gasteiger partial charge in [-0.05, 0) is 48.1 Å². The zero-order valence-corrected chi connectivity index (χ0v) is 26.3. The Hall–Kier alpha value is -4.83. The highest BCUT2D eigenvalue weighted by atomic mass is 79.9. The van der Waals surface area contributed by atoms with E-state index >= 15 is 4.79 Å². The summed E-state index contributed by atoms with van der Waals surface area (Å²) in [5.41, 5.74) is 6.35. The molecule has 6 unspecified atom stereocenters. The fourth-order valence-corrected chi connectivity index (χ4v) is 8.86. The van der Waals surface area contributed by atoms with Gasteiger partial charge in [-0.3, -0.25) is 19.2 Å². The van der Waals surface area contributed by atoms with E-state index < -0.39 is 52.8 Å². The summed E-state index contributed by atoms with van der Waals surface area (Å²) in [7, 11) is 1.42. The van der Waals surface area contributed by atoms with Crippen LogP contribution in [0, 0.1) is 23.7 Å². The fourth-order valence-electron chi connectivity index (χ4n) is 8.41. The number of methoxy groups -OCH3 is 1. The molecule has 3 aromatic rings. The Kier molecular flexibility index (Phi) is 7.08. The number of Topliss-reactive ketones (excluding diaryl/α,β-unsaturated/α-hetero) is 1. The Morgan fingerprint density at radius 3 is 2.30 bits per heavy atom. The van der Waals surface area contributed by atoms with Crippen molar-refractivity contribution in [2.75, 3.05) is 7.11 Å². The molecule has 232 valence electrons. The first-order valence-electron chi connectivity index (χ1n) is 15.0. The van der Waals surface area contributed by atoms with E-state index in [1.165, 1.54) is 13.2 Å². The molecule has 0 bridgehead atoms. The Morgan fingerprint density at radius 2 is 1.65 bits per heavy atom. The van der Waals surface area contributed by atoms with Crippen LogP contribution in [0.5, 0.6) is 11.5 Å². The number of hydrogen-bond donors (Lipinski definition) is 2. The van der Waals surface area contributed by atoms with Gasteiger partial charge in [0.2, 0.25) is 11.8 Å². The second-order valence-corrected chi connectivity index (χ2v) is 13.1. The molecule has 1 heterocycles. The van der Waals surface area contributed by atoms with Gasteiger partial charge in [0.05, 0.1) is 24.4 Å². The first kappa shape index (κ1) is 29.9. The Bertz CT molecular complexity index is 1900. The predicted octanol–water partition coefficient (Wildman–Crippen LogP) is 5.07. The van der Waals surface area contributed by atoms with Crippen molar-refractivity contribution in [3.05, 3.63) is 112 Å². The third-order valence-electron chi connectivity index (χ3n) is 10.2. The molecule has 4 aliphatic rings. The first-order valence-corrected chi connectivity index (χ1v) is 15.7. The third-order valence-corrected chi connectivity index (χ3v) is 10.7. The van der Waals surface area contributed by atoms with Crippen molar-refractivity contribution in [3.63, 3.8) is 0 Å². The molecule has 10 heteroatoms. The van der Waals surface area contributed by atoms with Gasteiger partial charge in [-0.25, -0.2) is 4.79 Å². The maximum atomic E-state index is 15.0. The first-order chi connectivity index (χ1) is 22.1. The van der Waals surface area contributed by atoms with Crippen LogP contribution in [-0.4, -0.2) is 46.5 Å². The number of halogens is 1. The number of allylic oxidation sites excluding steroid dienone is 4. The molecule has 6 atom stereocenters. The fraction of sp³-hybridized carbons (Fsp3) is 0.250. The average molecular weight is 682 g/mol. The van der Waals surface area contributed by atoms with Crippen LogP contribution in [0.3, 0.4) is 0 Å². The van der Waals surface area contributed by atoms with E-state index in [0.717, 1.165) is 0 Å². The molecule has 7 rings (SSSR count). The van der Waals surface area contributed by atoms with E-state index in [2.05, 4.69) is 15.9 Å². The number of nitrogens with zero attached hydrogens (tertiary/aromatic N) is 1. The molecule has 3 N–H and O–H groups in total. The lowest BCUT2D eigenvalue weighted by Crippen LogP contribution is -2.58. The van der Waals surface area contributed by atoms with Crippen molar-refractivity contribution in [1.82, 2.24) is 4.90 Å². The number of carbonyl (C=O) groups is 5. The van der Waals surface area contributed by atoms with Gasteiger partial charge in [-0.15, -0.1) is 0 Å². The van der Waals surface area contributed by atoms with E-state index in [1.54, 1.807) is 48.5 Å². The van der Waals surface area contributed by atoms with Crippen molar-refractivity contribution in [2.24, 2.45) is 29.4 Å². The number of ether oxygens (including phenoxy) is 1. The van der Waals surface area contributed by atoms with Crippen molar-refractivity contribution >= 4 is 50.9 Å². The molecule has 0 spiro atoms. The number of phenols is 1. The monoisotopic (exact) mass is 680 g/mol. The van der Waals surface area contributed by atoms with Gasteiger partial charge in [-0.1, -0.05) is 88.2 Å². The second-order valence-electron chi connectivity index (χ2n) is 12.2. The number of phenolic OH excluding ortho intramolecular Hbond substituents is 1. The lowest BCUT2D eigenvalue weighted by atomic mass is 9.44. The van der Waals surface area contributed by atoms with Gasteiger partial charge in [0, 0.05) is 27.4 Å². The van der Waals surface area contributed by atoms with Crippen LogP contribution in [0.2, 0.25) is 0 Å². The Morgan fingerprint density at radius 1 is 0.978 bits per heavy atom. The summed E-state index contributed by atoms with van der Waals surface area (Å²) in [6.45, 7) is 0. The zero-order valence-electron chi connectivity index (χ0n) is 24.7. The number of urea groups is 1. The smallest absolute Gasteiger partial charge is 0.328 e. The quantitative estimate of drug-likeness (QED) is 0.289. The lowest BCUT2D eigenvalue weighted by Gasteiger charge is -2.55. The number of primary amides is 1. The van der Waals surface area contributed by atoms with E-state index in [0.29, 0.717) is 31.6 Å². The van der Waals surface area contributed by atoms with Crippen LogP contribution in [0.4, 0.5) is 4.79 Å². The SMILES string of the molecule is COc1cc(Br)cc(C2C3=CCC4C(=O)N(C(N)=O)C(=O)C4C3CC3C(=O)C(c4ccccc4)=CC(=O)C32c2ccccc2)c1O. The van der Waals surface area contributed by atoms with Crippen molar-refractivity contribution in [3.8, 4) is 11.5 Å². The molecule has 9 nitrogen and oxygen atoms in total. The summed E-state index contributed by atoms with van der Waals surface area (Å²) >= 11 is 3.53. The molecule has 3 aliphatic carbocycles. The van der Waals surface area contributed by atoms with E-state index in [4.69, 9.17) is 10.5 Å². The summed E-state index contributed by atoms with van der Waals surface area (Å²) in [5.74, 6) is -6.50. The van der Waals surface area contributed by atoms with Crippen LogP contribution < -0.4 is 10.5 Å². The number of nitrogens with two attached hydrogens (primary N) is 1. The molecule has 1 aliphatic heterocycles. The number of benzene rings is 3. The normalized spacial score (nSPS) is 28.6. The largest absolute Gasteiger partial charge is 0.504 e. The van der Waals surface area contributed by atoms with Crippen LogP contribution in [0.15, 0.2) is 95.0 Å². The summed E-state index contributed by atoms with van der Waals surface area (Å²) in [6, 6.07) is 20.1. The zero-order chi connectivity index (χ0) is 32.5. The molecule has 4 amide bonds. The maximum absolute atomic E-state index is 15.0. The molecular weight excluding hydrogens is 652 g/mol. The summed E-state index contributed by atoms with van der Waals surface area (Å²) in [6.07, 6.45) is 3.43. The number of hydrogen-bond acceptors (Lipinski definition) is 7. The van der Waals surface area contributed by atoms with E-state index in [9.17, 15) is 24.3 Å². The third kappa shape index (κ3) is 4.09. The summed E-state index contributed by atoms with van der Waals surface area (Å²) in [4.78, 5) is 69.7. The molecule has 2 fully saturated rings. The van der Waals surface area contributed by atoms with Gasteiger partial charge in [0.1, 0.15) is 0 Å². The van der Waals surface area contributed by atoms with E-state index in [1.807, 2.05) is 30.3 Å². The van der Waals surface area contributed by atoms with Gasteiger partial charge >= 0.3 is 6.03 Å². The number of likely N-dealkylation sites (tertiary alicyclic amines) is 1. The molecular formula is C36H29BrN2O7. The van der Waals surface area contributed by atoms with Crippen molar-refractivity contribution in [2.45, 2.75) is 24.2 Å². The van der Waals surface area contributed by atoms with Gasteiger partial charge in [-0.2, -0.15) is 4.90 Å². The Balaban J connectivity index is 1.55. The molecule has 0 radical (unpaired) electrons. The standard InChI is InChI=1S/C36H29BrN2O7/c1-46-27-15-20(37)14-25(32(27)42)30-21-12-13-22-29(34(44)39(33(22)43)35(38)45)24(21)16-26-31(41)23(18-8-4-2-5-9-18)17-28(40)36(26,30)19-10-6-3-7-11-19/h2-12,14-15,17,22,24,26,29-30,42H,13,16H2,1H3,(H2,38,45). The number of rotatable bonds is 4. The van der Waals surface area contributed by atoms with Gasteiger partial charge < -0.3 is 15.6 Å². The topological polar surface area (TPSA) is 144 Å². The number of fused-ring (bicyclic) bond motifs is 4. The van der Waals surface area contributed by atoms with Crippen LogP contribution in [-0.2, 0) is 24.6 Å². The van der Waals surface area contributed by atoms with Crippen LogP contribution in [0.1, 0.15) is 35.4 Å². The minimum absolute atomic E-state index is 0.0602. The second kappa shape index (κ2) is 10.9. The number of ketones is 2. The molecule has 1 saturated heterocycles. The maximum Gasteiger partial charge on any atom is 0.328 e. The van der Waals surface area contributed by atoms with E-state index in [-0.39, 0.29) is 41.5 Å². The molecule has 46 heavy (non-hydrogen) atoms. The van der Waals surface area contributed by atoms with Crippen molar-refractivity contribution < 1.29 is 33.8 Å². The van der Waals surface area contributed by atoms with Gasteiger partial charge in [0.25, 0.3) is 0 Å². The predicted molar refractivity (Wildman–Crippen MR) is 170 cm³/mol. The molecule has 3 aromatic carbocycles. The summed E-state index contributed by atoms with van der Waals surface area (Å²) in [5, 5.41) is 11.7. The highest BCUT2D eigenvalue weighted by Gasteiger charge is 2.66. The van der Waals surface area contributed by atoms with Crippen molar-refractivity contribution in [1.29, 1.82) is 0 Å². The van der Waals surface area contributed by atoms with Crippen LogP contribution in [0.25, 0.3) is 5.57 Å². The minimum Gasteiger partial charge on any atom is -0.504 e. The number of carbonyl (C=O) groups excluding carboxylic acids is 5. The van der Waals surface area contributed by atoms with Crippen LogP contribution >= 0.6 is 15.9 Å². The number of aromatic hydroxyl groups is 1. The highest BCUT2D eigenvalue weighted by Crippen LogP contribution is 2.65. The minimum atomic E-state index is -1.52.